The van der Waals surface area contributed by atoms with Gasteiger partial charge in [0.15, 0.2) is 0 Å². The van der Waals surface area contributed by atoms with E-state index >= 15 is 0 Å². The van der Waals surface area contributed by atoms with E-state index in [1.54, 1.807) is 13.1 Å². The zero-order chi connectivity index (χ0) is 18.6. The number of ether oxygens (including phenoxy) is 1. The largest absolute Gasteiger partial charge is 0.467 e. The fourth-order valence-corrected chi connectivity index (χ4v) is 3.05. The molecule has 1 atom stereocenters. The maximum absolute atomic E-state index is 13.2. The van der Waals surface area contributed by atoms with Crippen molar-refractivity contribution < 1.29 is 14.3 Å². The van der Waals surface area contributed by atoms with Gasteiger partial charge in [-0.05, 0) is 22.6 Å². The molecule has 0 bridgehead atoms. The number of carbonyl (C=O) groups is 2. The third-order valence-corrected chi connectivity index (χ3v) is 4.19. The number of likely N-dealkylation sites (N-methyl/N-ethyl adjacent to an activating group) is 1. The van der Waals surface area contributed by atoms with E-state index in [9.17, 15) is 9.59 Å². The topological polar surface area (TPSA) is 46.6 Å². The highest BCUT2D eigenvalue weighted by Crippen LogP contribution is 2.29. The van der Waals surface area contributed by atoms with Gasteiger partial charge in [-0.3, -0.25) is 4.79 Å². The number of carbonyl (C=O) groups excluding carboxylic acids is 2. The predicted molar refractivity (Wildman–Crippen MR) is 99.2 cm³/mol. The summed E-state index contributed by atoms with van der Waals surface area (Å²) < 4.78 is 4.93. The Hall–Kier alpha value is -2.62. The summed E-state index contributed by atoms with van der Waals surface area (Å²) in [5.74, 6) is -0.620. The molecular formula is C21H25NO3. The van der Waals surface area contributed by atoms with Crippen molar-refractivity contribution in [1.29, 1.82) is 0 Å². The van der Waals surface area contributed by atoms with Crippen LogP contribution in [0, 0.1) is 5.41 Å². The minimum Gasteiger partial charge on any atom is -0.467 e. The Labute approximate surface area is 149 Å². The van der Waals surface area contributed by atoms with Crippen molar-refractivity contribution in [3.63, 3.8) is 0 Å². The highest BCUT2D eigenvalue weighted by molar-refractivity contribution is 6.02. The summed E-state index contributed by atoms with van der Waals surface area (Å²) in [6.45, 7) is 5.75. The number of hydrogen-bond donors (Lipinski definition) is 0. The normalized spacial score (nSPS) is 12.4. The lowest BCUT2D eigenvalue weighted by Gasteiger charge is -2.36. The quantitative estimate of drug-likeness (QED) is 0.791. The van der Waals surface area contributed by atoms with E-state index in [2.05, 4.69) is 0 Å². The molecule has 0 fully saturated rings. The summed E-state index contributed by atoms with van der Waals surface area (Å²) in [5.41, 5.74) is 1.93. The van der Waals surface area contributed by atoms with E-state index in [-0.39, 0.29) is 5.91 Å². The number of rotatable bonds is 4. The number of amides is 1. The van der Waals surface area contributed by atoms with Gasteiger partial charge >= 0.3 is 5.97 Å². The summed E-state index contributed by atoms with van der Waals surface area (Å²) in [6.07, 6.45) is 0. The van der Waals surface area contributed by atoms with Gasteiger partial charge in [0.2, 0.25) is 0 Å². The van der Waals surface area contributed by atoms with Crippen LogP contribution in [0.3, 0.4) is 0 Å². The highest BCUT2D eigenvalue weighted by atomic mass is 16.5. The molecule has 0 aromatic heterocycles. The summed E-state index contributed by atoms with van der Waals surface area (Å²) in [5, 5.41) is 0. The number of methoxy groups -OCH3 is 1. The van der Waals surface area contributed by atoms with Gasteiger partial charge in [-0.2, -0.15) is 0 Å². The first-order chi connectivity index (χ1) is 11.8. The van der Waals surface area contributed by atoms with Crippen molar-refractivity contribution in [1.82, 2.24) is 4.90 Å². The van der Waals surface area contributed by atoms with Crippen molar-refractivity contribution in [2.24, 2.45) is 5.41 Å². The lowest BCUT2D eigenvalue weighted by Crippen LogP contribution is -2.50. The molecule has 2 rings (SSSR count). The molecule has 2 aromatic carbocycles. The van der Waals surface area contributed by atoms with Crippen LogP contribution in [0.2, 0.25) is 0 Å². The maximum Gasteiger partial charge on any atom is 0.329 e. The van der Waals surface area contributed by atoms with Gasteiger partial charge in [-0.25, -0.2) is 4.79 Å². The second-order valence-electron chi connectivity index (χ2n) is 7.12. The molecule has 0 saturated heterocycles. The molecule has 25 heavy (non-hydrogen) atoms. The Morgan fingerprint density at radius 1 is 0.960 bits per heavy atom. The molecule has 0 unspecified atom stereocenters. The van der Waals surface area contributed by atoms with E-state index in [0.717, 1.165) is 11.1 Å². The SMILES string of the molecule is COC(=O)[C@@H](N(C)C(=O)c1ccccc1-c1ccccc1)C(C)(C)C. The van der Waals surface area contributed by atoms with Crippen LogP contribution in [0.5, 0.6) is 0 Å². The number of esters is 1. The minimum absolute atomic E-state index is 0.204. The molecule has 0 N–H and O–H groups in total. The molecule has 4 nitrogen and oxygen atoms in total. The first kappa shape index (κ1) is 18.7. The second-order valence-corrected chi connectivity index (χ2v) is 7.12. The van der Waals surface area contributed by atoms with Crippen molar-refractivity contribution in [2.75, 3.05) is 14.2 Å². The summed E-state index contributed by atoms with van der Waals surface area (Å²) in [7, 11) is 2.99. The second kappa shape index (κ2) is 7.51. The number of benzene rings is 2. The van der Waals surface area contributed by atoms with Gasteiger partial charge in [0, 0.05) is 12.6 Å². The van der Waals surface area contributed by atoms with Gasteiger partial charge in [0.25, 0.3) is 5.91 Å². The molecule has 1 amide bonds. The third-order valence-electron chi connectivity index (χ3n) is 4.19. The average molecular weight is 339 g/mol. The number of hydrogen-bond acceptors (Lipinski definition) is 3. The van der Waals surface area contributed by atoms with Crippen LogP contribution in [0.1, 0.15) is 31.1 Å². The van der Waals surface area contributed by atoms with Gasteiger partial charge in [0.05, 0.1) is 7.11 Å². The van der Waals surface area contributed by atoms with E-state index in [1.165, 1.54) is 12.0 Å². The smallest absolute Gasteiger partial charge is 0.329 e. The maximum atomic E-state index is 13.2. The van der Waals surface area contributed by atoms with Crippen LogP contribution in [-0.2, 0) is 9.53 Å². The fourth-order valence-electron chi connectivity index (χ4n) is 3.05. The Balaban J connectivity index is 2.45. The van der Waals surface area contributed by atoms with Crippen LogP contribution >= 0.6 is 0 Å². The van der Waals surface area contributed by atoms with E-state index in [1.807, 2.05) is 69.3 Å². The zero-order valence-corrected chi connectivity index (χ0v) is 15.4. The highest BCUT2D eigenvalue weighted by Gasteiger charge is 2.38. The summed E-state index contributed by atoms with van der Waals surface area (Å²) >= 11 is 0. The van der Waals surface area contributed by atoms with Crippen LogP contribution in [0.4, 0.5) is 0 Å². The molecule has 0 radical (unpaired) electrons. The predicted octanol–water partition coefficient (Wildman–Crippen LogP) is 4.01. The van der Waals surface area contributed by atoms with E-state index in [0.29, 0.717) is 5.56 Å². The van der Waals surface area contributed by atoms with Crippen LogP contribution in [0.15, 0.2) is 54.6 Å². The molecule has 0 spiro atoms. The summed E-state index contributed by atoms with van der Waals surface area (Å²) in [6, 6.07) is 16.5. The third kappa shape index (κ3) is 4.08. The van der Waals surface area contributed by atoms with Crippen molar-refractivity contribution in [2.45, 2.75) is 26.8 Å². The standard InChI is InChI=1S/C21H25NO3/c1-21(2,3)18(20(24)25-5)22(4)19(23)17-14-10-9-13-16(17)15-11-7-6-8-12-15/h6-14,18H,1-5H3/t18-/m1/s1. The monoisotopic (exact) mass is 339 g/mol. The molecular weight excluding hydrogens is 314 g/mol. The molecule has 2 aromatic rings. The number of nitrogens with zero attached hydrogens (tertiary/aromatic N) is 1. The van der Waals surface area contributed by atoms with Crippen molar-refractivity contribution >= 4 is 11.9 Å². The molecule has 0 heterocycles. The Bertz CT molecular complexity index is 747. The molecule has 0 aliphatic carbocycles. The van der Waals surface area contributed by atoms with Gasteiger partial charge < -0.3 is 9.64 Å². The zero-order valence-electron chi connectivity index (χ0n) is 15.4. The average Bonchev–Trinajstić information content (AvgIpc) is 2.60. The van der Waals surface area contributed by atoms with Crippen molar-refractivity contribution in [3.05, 3.63) is 60.2 Å². The van der Waals surface area contributed by atoms with Crippen molar-refractivity contribution in [3.8, 4) is 11.1 Å². The fraction of sp³-hybridized carbons (Fsp3) is 0.333. The first-order valence-corrected chi connectivity index (χ1v) is 8.27. The molecule has 0 aliphatic heterocycles. The minimum atomic E-state index is -0.672. The summed E-state index contributed by atoms with van der Waals surface area (Å²) in [4.78, 5) is 26.9. The van der Waals surface area contributed by atoms with Gasteiger partial charge in [-0.1, -0.05) is 69.3 Å². The Morgan fingerprint density at radius 3 is 2.08 bits per heavy atom. The van der Waals surface area contributed by atoms with Crippen LogP contribution in [0.25, 0.3) is 11.1 Å². The van der Waals surface area contributed by atoms with E-state index < -0.39 is 17.4 Å². The first-order valence-electron chi connectivity index (χ1n) is 8.27. The molecule has 0 aliphatic rings. The molecule has 132 valence electrons. The Morgan fingerprint density at radius 2 is 1.52 bits per heavy atom. The van der Waals surface area contributed by atoms with Gasteiger partial charge in [-0.15, -0.1) is 0 Å². The lowest BCUT2D eigenvalue weighted by atomic mass is 9.85. The lowest BCUT2D eigenvalue weighted by molar-refractivity contribution is -0.149. The van der Waals surface area contributed by atoms with Gasteiger partial charge in [0.1, 0.15) is 6.04 Å². The Kier molecular flexibility index (Phi) is 5.62. The molecule has 4 heteroatoms. The van der Waals surface area contributed by atoms with E-state index in [4.69, 9.17) is 4.74 Å². The van der Waals surface area contributed by atoms with Crippen LogP contribution < -0.4 is 0 Å². The molecule has 0 saturated carbocycles. The van der Waals surface area contributed by atoms with Crippen LogP contribution in [-0.4, -0.2) is 37.0 Å².